The first kappa shape index (κ1) is 26.5. The number of rotatable bonds is 6. The number of piperazine rings is 1. The third-order valence-corrected chi connectivity index (χ3v) is 8.63. The Morgan fingerprint density at radius 2 is 1.79 bits per heavy atom. The molecule has 3 atom stereocenters. The largest absolute Gasteiger partial charge is 0.369 e. The van der Waals surface area contributed by atoms with E-state index in [1.165, 1.54) is 4.90 Å². The number of carbonyl (C=O) groups is 3. The number of nitrogens with zero attached hydrogens (tertiary/aromatic N) is 6. The van der Waals surface area contributed by atoms with Crippen molar-refractivity contribution in [1.29, 1.82) is 0 Å². The van der Waals surface area contributed by atoms with Crippen LogP contribution in [-0.2, 0) is 14.3 Å². The highest BCUT2D eigenvalue weighted by Gasteiger charge is 2.56. The molecule has 1 N–H and O–H groups in total. The molecule has 0 bridgehead atoms. The van der Waals surface area contributed by atoms with E-state index in [0.717, 1.165) is 51.1 Å². The van der Waals surface area contributed by atoms with Crippen molar-refractivity contribution in [1.82, 2.24) is 15.1 Å². The highest BCUT2D eigenvalue weighted by atomic mass is 16.5. The van der Waals surface area contributed by atoms with Crippen molar-refractivity contribution in [2.45, 2.75) is 75.7 Å². The van der Waals surface area contributed by atoms with Gasteiger partial charge in [0.15, 0.2) is 5.78 Å². The lowest BCUT2D eigenvalue weighted by Crippen LogP contribution is -2.62. The molecule has 3 saturated heterocycles. The van der Waals surface area contributed by atoms with Crippen molar-refractivity contribution >= 4 is 23.3 Å². The average molecular weight is 524 g/mol. The van der Waals surface area contributed by atoms with Crippen LogP contribution in [0.4, 0.5) is 5.69 Å². The molecule has 0 aromatic heterocycles. The summed E-state index contributed by atoms with van der Waals surface area (Å²) in [6.07, 6.45) is 2.97. The molecule has 1 aromatic carbocycles. The lowest BCUT2D eigenvalue weighted by molar-refractivity contribution is -0.143. The Kier molecular flexibility index (Phi) is 7.61. The molecule has 0 spiro atoms. The van der Waals surface area contributed by atoms with E-state index >= 15 is 0 Å². The van der Waals surface area contributed by atoms with E-state index in [1.807, 2.05) is 24.3 Å². The standard InChI is InChI=1S/C27H37N7O4/c1-18(2)32-12-14-33(15-13-32)20-8-6-19(7-9-20)25(36)29-27(10-4-3-5-11-27)26(37)34-16-21(30-31-28)24-23(34)22(35)17-38-24/h6-9,18,21,23-24H,3-5,10-17H2,1-2H3,(H,29,36)/t21-,23+,24+/m0/s1. The number of benzene rings is 1. The minimum atomic E-state index is -1.10. The fourth-order valence-electron chi connectivity index (χ4n) is 6.44. The lowest BCUT2D eigenvalue weighted by Gasteiger charge is -2.40. The average Bonchev–Trinajstić information content (AvgIpc) is 3.49. The fraction of sp³-hybridized carbons (Fsp3) is 0.667. The van der Waals surface area contributed by atoms with E-state index in [0.29, 0.717) is 24.4 Å². The third-order valence-electron chi connectivity index (χ3n) is 8.63. The van der Waals surface area contributed by atoms with Crippen LogP contribution in [0.1, 0.15) is 56.3 Å². The van der Waals surface area contributed by atoms with Crippen molar-refractivity contribution in [3.63, 3.8) is 0 Å². The molecule has 3 heterocycles. The molecule has 204 valence electrons. The third kappa shape index (κ3) is 4.98. The number of Topliss-reactive ketones (excluding diaryl/α,β-unsaturated/α-hetero) is 1. The van der Waals surface area contributed by atoms with Crippen LogP contribution in [0, 0.1) is 0 Å². The highest BCUT2D eigenvalue weighted by molar-refractivity contribution is 6.01. The maximum absolute atomic E-state index is 14.0. The van der Waals surface area contributed by atoms with E-state index in [4.69, 9.17) is 10.3 Å². The Bertz CT molecular complexity index is 1100. The molecule has 5 rings (SSSR count). The van der Waals surface area contributed by atoms with Gasteiger partial charge in [-0.25, -0.2) is 0 Å². The van der Waals surface area contributed by atoms with Crippen LogP contribution < -0.4 is 10.2 Å². The summed E-state index contributed by atoms with van der Waals surface area (Å²) in [6.45, 7) is 8.35. The van der Waals surface area contributed by atoms with E-state index in [1.54, 1.807) is 0 Å². The summed E-state index contributed by atoms with van der Waals surface area (Å²) >= 11 is 0. The number of azide groups is 1. The molecule has 11 nitrogen and oxygen atoms in total. The van der Waals surface area contributed by atoms with Crippen molar-refractivity contribution < 1.29 is 19.1 Å². The number of hydrogen-bond acceptors (Lipinski definition) is 7. The van der Waals surface area contributed by atoms with Crippen LogP contribution in [0.3, 0.4) is 0 Å². The molecular formula is C27H37N7O4. The predicted molar refractivity (Wildman–Crippen MR) is 142 cm³/mol. The molecule has 1 saturated carbocycles. The summed E-state index contributed by atoms with van der Waals surface area (Å²) in [5, 5.41) is 6.86. The first-order valence-electron chi connectivity index (χ1n) is 13.7. The molecule has 0 unspecified atom stereocenters. The van der Waals surface area contributed by atoms with Crippen LogP contribution in [0.25, 0.3) is 10.4 Å². The Balaban J connectivity index is 1.31. The second-order valence-electron chi connectivity index (χ2n) is 11.2. The summed E-state index contributed by atoms with van der Waals surface area (Å²) in [5.41, 5.74) is 9.46. The van der Waals surface area contributed by atoms with Crippen molar-refractivity contribution in [3.8, 4) is 0 Å². The SMILES string of the molecule is CC(C)N1CCN(c2ccc(C(=O)NC3(C(=O)N4C[C@H](N=[N+]=[N-])[C@H]5OCC(=O)[C@H]54)CCCCC3)cc2)CC1. The number of carbonyl (C=O) groups excluding carboxylic acids is 3. The van der Waals surface area contributed by atoms with Gasteiger partial charge in [-0.2, -0.15) is 0 Å². The molecule has 1 aliphatic carbocycles. The number of fused-ring (bicyclic) bond motifs is 1. The van der Waals surface area contributed by atoms with E-state index in [-0.39, 0.29) is 30.7 Å². The van der Waals surface area contributed by atoms with Gasteiger partial charge in [-0.05, 0) is 56.5 Å². The number of ether oxygens (including phenoxy) is 1. The van der Waals surface area contributed by atoms with Gasteiger partial charge < -0.3 is 19.9 Å². The van der Waals surface area contributed by atoms with Crippen LogP contribution >= 0.6 is 0 Å². The highest BCUT2D eigenvalue weighted by Crippen LogP contribution is 2.36. The van der Waals surface area contributed by atoms with Crippen molar-refractivity contribution in [2.75, 3.05) is 44.2 Å². The van der Waals surface area contributed by atoms with Gasteiger partial charge in [0, 0.05) is 54.9 Å². The topological polar surface area (TPSA) is 131 Å². The molecule has 3 aliphatic heterocycles. The Morgan fingerprint density at radius 1 is 1.11 bits per heavy atom. The maximum atomic E-state index is 14.0. The van der Waals surface area contributed by atoms with Gasteiger partial charge in [0.25, 0.3) is 5.91 Å². The van der Waals surface area contributed by atoms with Gasteiger partial charge in [0.05, 0.1) is 12.1 Å². The lowest BCUT2D eigenvalue weighted by atomic mass is 9.80. The van der Waals surface area contributed by atoms with Crippen molar-refractivity contribution in [2.24, 2.45) is 5.11 Å². The van der Waals surface area contributed by atoms with E-state index in [2.05, 4.69) is 39.0 Å². The second kappa shape index (κ2) is 10.9. The zero-order valence-corrected chi connectivity index (χ0v) is 22.2. The minimum absolute atomic E-state index is 0.102. The normalized spacial score (nSPS) is 27.2. The smallest absolute Gasteiger partial charge is 0.252 e. The zero-order chi connectivity index (χ0) is 26.9. The summed E-state index contributed by atoms with van der Waals surface area (Å²) in [6, 6.07) is 6.72. The van der Waals surface area contributed by atoms with Crippen LogP contribution in [0.2, 0.25) is 0 Å². The quantitative estimate of drug-likeness (QED) is 0.346. The molecule has 4 fully saturated rings. The summed E-state index contributed by atoms with van der Waals surface area (Å²) in [4.78, 5) is 49.2. The summed E-state index contributed by atoms with van der Waals surface area (Å²) < 4.78 is 5.58. The summed E-state index contributed by atoms with van der Waals surface area (Å²) in [7, 11) is 0. The molecule has 0 radical (unpaired) electrons. The molecule has 1 aromatic rings. The van der Waals surface area contributed by atoms with Crippen LogP contribution in [0.5, 0.6) is 0 Å². The van der Waals surface area contributed by atoms with E-state index in [9.17, 15) is 14.4 Å². The Morgan fingerprint density at radius 3 is 2.42 bits per heavy atom. The molecular weight excluding hydrogens is 486 g/mol. The first-order valence-corrected chi connectivity index (χ1v) is 13.7. The monoisotopic (exact) mass is 523 g/mol. The number of hydrogen-bond donors (Lipinski definition) is 1. The van der Waals surface area contributed by atoms with E-state index < -0.39 is 23.7 Å². The van der Waals surface area contributed by atoms with Gasteiger partial charge in [0.2, 0.25) is 5.91 Å². The van der Waals surface area contributed by atoms with Gasteiger partial charge in [-0.1, -0.05) is 24.4 Å². The molecule has 11 heteroatoms. The van der Waals surface area contributed by atoms with Gasteiger partial charge in [0.1, 0.15) is 18.2 Å². The first-order chi connectivity index (χ1) is 18.3. The van der Waals surface area contributed by atoms with Gasteiger partial charge in [-0.3, -0.25) is 19.3 Å². The zero-order valence-electron chi connectivity index (χ0n) is 22.2. The number of likely N-dealkylation sites (tertiary alicyclic amines) is 1. The fourth-order valence-corrected chi connectivity index (χ4v) is 6.44. The van der Waals surface area contributed by atoms with Gasteiger partial charge >= 0.3 is 0 Å². The minimum Gasteiger partial charge on any atom is -0.369 e. The number of amides is 2. The summed E-state index contributed by atoms with van der Waals surface area (Å²) in [5.74, 6) is -0.774. The van der Waals surface area contributed by atoms with Crippen LogP contribution in [-0.4, -0.2) is 96.5 Å². The van der Waals surface area contributed by atoms with Gasteiger partial charge in [-0.15, -0.1) is 0 Å². The predicted octanol–water partition coefficient (Wildman–Crippen LogP) is 2.51. The number of nitrogens with one attached hydrogen (secondary N) is 1. The van der Waals surface area contributed by atoms with Crippen LogP contribution in [0.15, 0.2) is 29.4 Å². The number of ketones is 1. The second-order valence-corrected chi connectivity index (χ2v) is 11.2. The maximum Gasteiger partial charge on any atom is 0.252 e. The van der Waals surface area contributed by atoms with Crippen molar-refractivity contribution in [3.05, 3.63) is 40.3 Å². The Hall–Kier alpha value is -3.14. The molecule has 2 amide bonds. The Labute approximate surface area is 223 Å². The molecule has 38 heavy (non-hydrogen) atoms. The molecule has 4 aliphatic rings. The number of anilines is 1.